The Morgan fingerprint density at radius 1 is 1.17 bits per heavy atom. The Labute approximate surface area is 185 Å². The molecule has 1 N–H and O–H groups in total. The number of carbonyl (C=O) groups is 3. The van der Waals surface area contributed by atoms with Crippen molar-refractivity contribution >= 4 is 33.4 Å². The average molecular weight is 471 g/mol. The Morgan fingerprint density at radius 3 is 2.33 bits per heavy atom. The number of ketones is 2. The topological polar surface area (TPSA) is 76.1 Å². The molecular formula is C24H27BrN2O3. The van der Waals surface area contributed by atoms with Crippen molar-refractivity contribution in [3.05, 3.63) is 51.6 Å². The fourth-order valence-electron chi connectivity index (χ4n) is 4.15. The van der Waals surface area contributed by atoms with Gasteiger partial charge in [0.2, 0.25) is 5.91 Å². The van der Waals surface area contributed by atoms with Crippen LogP contribution in [0.3, 0.4) is 0 Å². The number of carbonyl (C=O) groups excluding carboxylic acids is 3. The number of amides is 1. The van der Waals surface area contributed by atoms with Crippen molar-refractivity contribution in [1.29, 1.82) is 0 Å². The number of nitrogens with one attached hydrogen (secondary N) is 1. The van der Waals surface area contributed by atoms with E-state index < -0.39 is 11.8 Å². The van der Waals surface area contributed by atoms with Gasteiger partial charge in [-0.2, -0.15) is 0 Å². The van der Waals surface area contributed by atoms with Crippen LogP contribution in [-0.4, -0.2) is 28.0 Å². The molecule has 0 radical (unpaired) electrons. The molecule has 1 aromatic heterocycles. The molecule has 2 aromatic rings. The van der Waals surface area contributed by atoms with Gasteiger partial charge < -0.3 is 5.32 Å². The number of rotatable bonds is 4. The molecule has 6 heteroatoms. The summed E-state index contributed by atoms with van der Waals surface area (Å²) in [5.74, 6) is -1.79. The summed E-state index contributed by atoms with van der Waals surface area (Å²) in [6, 6.07) is 7.80. The third-order valence-electron chi connectivity index (χ3n) is 5.31. The number of pyridine rings is 1. The fourth-order valence-corrected chi connectivity index (χ4v) is 4.38. The van der Waals surface area contributed by atoms with E-state index in [0.717, 1.165) is 32.4 Å². The molecular weight excluding hydrogens is 444 g/mol. The lowest BCUT2D eigenvalue weighted by Crippen LogP contribution is -2.41. The van der Waals surface area contributed by atoms with Crippen molar-refractivity contribution in [2.45, 2.75) is 58.9 Å². The molecule has 30 heavy (non-hydrogen) atoms. The van der Waals surface area contributed by atoms with Crippen LogP contribution in [0.5, 0.6) is 0 Å². The Bertz CT molecular complexity index is 983. The molecule has 3 rings (SSSR count). The lowest BCUT2D eigenvalue weighted by Gasteiger charge is -2.21. The normalized spacial score (nSPS) is 19.3. The zero-order valence-electron chi connectivity index (χ0n) is 18.0. The Balaban J connectivity index is 1.86. The second kappa shape index (κ2) is 8.42. The quantitative estimate of drug-likeness (QED) is 0.658. The highest BCUT2D eigenvalue weighted by Crippen LogP contribution is 2.38. The number of halogens is 1. The minimum absolute atomic E-state index is 0.0529. The standard InChI is InChI=1S/C24H27BrN2O3/c1-13-8-15(18-7-6-17(25)12-26-18)9-14(2)21(13)22-19(28)10-16(23(22)30)11-20(29)27-24(3,4)5/h6-9,12,16,22H,10-11H2,1-5H3,(H,27,29). The largest absolute Gasteiger partial charge is 0.351 e. The van der Waals surface area contributed by atoms with Crippen LogP contribution in [0, 0.1) is 19.8 Å². The van der Waals surface area contributed by atoms with Crippen molar-refractivity contribution in [2.75, 3.05) is 0 Å². The molecule has 1 aliphatic carbocycles. The number of benzene rings is 1. The van der Waals surface area contributed by atoms with Crippen LogP contribution in [-0.2, 0) is 14.4 Å². The van der Waals surface area contributed by atoms with Crippen LogP contribution in [0.25, 0.3) is 11.3 Å². The first-order valence-corrected chi connectivity index (χ1v) is 10.9. The molecule has 0 aliphatic heterocycles. The molecule has 2 unspecified atom stereocenters. The van der Waals surface area contributed by atoms with Gasteiger partial charge in [0.05, 0.1) is 5.69 Å². The first-order valence-electron chi connectivity index (χ1n) is 10.1. The van der Waals surface area contributed by atoms with Gasteiger partial charge in [-0.25, -0.2) is 0 Å². The molecule has 158 valence electrons. The summed E-state index contributed by atoms with van der Waals surface area (Å²) in [5, 5.41) is 2.88. The number of nitrogens with zero attached hydrogens (tertiary/aromatic N) is 1. The van der Waals surface area contributed by atoms with E-state index in [1.54, 1.807) is 6.20 Å². The Morgan fingerprint density at radius 2 is 1.80 bits per heavy atom. The van der Waals surface area contributed by atoms with E-state index in [4.69, 9.17) is 0 Å². The van der Waals surface area contributed by atoms with E-state index in [2.05, 4.69) is 26.2 Å². The molecule has 0 bridgehead atoms. The van der Waals surface area contributed by atoms with Crippen LogP contribution in [0.2, 0.25) is 0 Å². The van der Waals surface area contributed by atoms with E-state index >= 15 is 0 Å². The fraction of sp³-hybridized carbons (Fsp3) is 0.417. The van der Waals surface area contributed by atoms with Crippen molar-refractivity contribution in [1.82, 2.24) is 10.3 Å². The average Bonchev–Trinajstić information content (AvgIpc) is 2.87. The second-order valence-corrected chi connectivity index (χ2v) is 10.0. The van der Waals surface area contributed by atoms with Gasteiger partial charge in [0.15, 0.2) is 5.78 Å². The lowest BCUT2D eigenvalue weighted by atomic mass is 9.85. The van der Waals surface area contributed by atoms with Gasteiger partial charge in [0.1, 0.15) is 11.7 Å². The zero-order chi connectivity index (χ0) is 22.2. The molecule has 1 saturated carbocycles. The van der Waals surface area contributed by atoms with Crippen molar-refractivity contribution in [3.8, 4) is 11.3 Å². The van der Waals surface area contributed by atoms with Crippen LogP contribution in [0.4, 0.5) is 0 Å². The van der Waals surface area contributed by atoms with E-state index in [-0.39, 0.29) is 35.9 Å². The van der Waals surface area contributed by atoms with Crippen LogP contribution < -0.4 is 5.32 Å². The van der Waals surface area contributed by atoms with E-state index in [1.165, 1.54) is 0 Å². The highest BCUT2D eigenvalue weighted by atomic mass is 79.9. The molecule has 1 aromatic carbocycles. The smallest absolute Gasteiger partial charge is 0.221 e. The predicted molar refractivity (Wildman–Crippen MR) is 120 cm³/mol. The summed E-state index contributed by atoms with van der Waals surface area (Å²) in [5.41, 5.74) is 3.95. The number of aryl methyl sites for hydroxylation is 2. The third kappa shape index (κ3) is 4.86. The predicted octanol–water partition coefficient (Wildman–Crippen LogP) is 4.67. The Kier molecular flexibility index (Phi) is 6.27. The molecule has 5 nitrogen and oxygen atoms in total. The van der Waals surface area contributed by atoms with Crippen LogP contribution in [0.1, 0.15) is 56.2 Å². The number of hydrogen-bond acceptors (Lipinski definition) is 4. The Hall–Kier alpha value is -2.34. The summed E-state index contributed by atoms with van der Waals surface area (Å²) < 4.78 is 0.903. The monoisotopic (exact) mass is 470 g/mol. The van der Waals surface area contributed by atoms with Gasteiger partial charge in [0, 0.05) is 40.5 Å². The van der Waals surface area contributed by atoms with Gasteiger partial charge in [-0.1, -0.05) is 0 Å². The third-order valence-corrected chi connectivity index (χ3v) is 5.78. The summed E-state index contributed by atoms with van der Waals surface area (Å²) in [7, 11) is 0. The van der Waals surface area contributed by atoms with Gasteiger partial charge in [-0.05, 0) is 91.5 Å². The highest BCUT2D eigenvalue weighted by molar-refractivity contribution is 9.10. The second-order valence-electron chi connectivity index (χ2n) is 9.09. The van der Waals surface area contributed by atoms with Gasteiger partial charge in [-0.3, -0.25) is 19.4 Å². The molecule has 1 amide bonds. The summed E-state index contributed by atoms with van der Waals surface area (Å²) in [6.07, 6.45) is 1.92. The van der Waals surface area contributed by atoms with Crippen LogP contribution in [0.15, 0.2) is 34.9 Å². The first kappa shape index (κ1) is 22.3. The van der Waals surface area contributed by atoms with Gasteiger partial charge in [-0.15, -0.1) is 0 Å². The maximum absolute atomic E-state index is 13.1. The van der Waals surface area contributed by atoms with Gasteiger partial charge in [0.25, 0.3) is 0 Å². The lowest BCUT2D eigenvalue weighted by molar-refractivity contribution is -0.129. The van der Waals surface area contributed by atoms with Crippen molar-refractivity contribution in [2.24, 2.45) is 5.92 Å². The van der Waals surface area contributed by atoms with E-state index in [9.17, 15) is 14.4 Å². The molecule has 0 saturated heterocycles. The van der Waals surface area contributed by atoms with Crippen molar-refractivity contribution in [3.63, 3.8) is 0 Å². The molecule has 1 aliphatic rings. The minimum Gasteiger partial charge on any atom is -0.351 e. The van der Waals surface area contributed by atoms with Crippen LogP contribution >= 0.6 is 15.9 Å². The van der Waals surface area contributed by atoms with E-state index in [0.29, 0.717) is 0 Å². The zero-order valence-corrected chi connectivity index (χ0v) is 19.6. The minimum atomic E-state index is -0.788. The first-order chi connectivity index (χ1) is 14.0. The summed E-state index contributed by atoms with van der Waals surface area (Å²) in [4.78, 5) is 42.6. The molecule has 1 fully saturated rings. The SMILES string of the molecule is Cc1cc(-c2ccc(Br)cn2)cc(C)c1C1C(=O)CC(CC(=O)NC(C)(C)C)C1=O. The molecule has 1 heterocycles. The number of hydrogen-bond donors (Lipinski definition) is 1. The highest BCUT2D eigenvalue weighted by Gasteiger charge is 2.44. The van der Waals surface area contributed by atoms with Gasteiger partial charge >= 0.3 is 0 Å². The maximum Gasteiger partial charge on any atom is 0.221 e. The number of Topliss-reactive ketones (excluding diaryl/α,β-unsaturated/α-hetero) is 2. The summed E-state index contributed by atoms with van der Waals surface area (Å²) in [6.45, 7) is 9.52. The maximum atomic E-state index is 13.1. The molecule has 2 atom stereocenters. The van der Waals surface area contributed by atoms with E-state index in [1.807, 2.05) is 58.9 Å². The van der Waals surface area contributed by atoms with Crippen molar-refractivity contribution < 1.29 is 14.4 Å². The molecule has 0 spiro atoms. The summed E-state index contributed by atoms with van der Waals surface area (Å²) >= 11 is 3.39. The number of aromatic nitrogens is 1.